The lowest BCUT2D eigenvalue weighted by molar-refractivity contribution is 0.518. The Balaban J connectivity index is 2.47. The van der Waals surface area contributed by atoms with E-state index in [1.54, 1.807) is 12.3 Å². The molecule has 21 heavy (non-hydrogen) atoms. The lowest BCUT2D eigenvalue weighted by Crippen LogP contribution is -2.25. The molecule has 0 aliphatic rings. The molecule has 0 saturated carbocycles. The summed E-state index contributed by atoms with van der Waals surface area (Å²) in [5.41, 5.74) is 1.71. The van der Waals surface area contributed by atoms with E-state index in [4.69, 9.17) is 11.6 Å². The predicted octanol–water partition coefficient (Wildman–Crippen LogP) is 4.55. The van der Waals surface area contributed by atoms with Gasteiger partial charge >= 0.3 is 0 Å². The molecular formula is C15H18BrClFN3. The van der Waals surface area contributed by atoms with Crippen LogP contribution >= 0.6 is 27.5 Å². The molecule has 0 aliphatic carbocycles. The van der Waals surface area contributed by atoms with Crippen molar-refractivity contribution in [3.8, 4) is 0 Å². The summed E-state index contributed by atoms with van der Waals surface area (Å²) in [5, 5.41) is 8.27. The highest BCUT2D eigenvalue weighted by Gasteiger charge is 2.22. The molecule has 0 saturated heterocycles. The average molecular weight is 375 g/mol. The van der Waals surface area contributed by atoms with Crippen LogP contribution in [0.25, 0.3) is 0 Å². The summed E-state index contributed by atoms with van der Waals surface area (Å²) in [6.07, 6.45) is 2.60. The molecule has 3 nitrogen and oxygen atoms in total. The van der Waals surface area contributed by atoms with Crippen LogP contribution in [0.2, 0.25) is 5.02 Å². The minimum absolute atomic E-state index is 0.181. The van der Waals surface area contributed by atoms with Gasteiger partial charge in [-0.3, -0.25) is 4.68 Å². The van der Waals surface area contributed by atoms with Gasteiger partial charge in [-0.15, -0.1) is 0 Å². The summed E-state index contributed by atoms with van der Waals surface area (Å²) < 4.78 is 16.2. The SMILES string of the molecule is CCCn1ncc(Cl)c1C(NCC)c1ccc(Br)c(F)c1. The molecule has 2 aromatic rings. The number of benzene rings is 1. The number of hydrogen-bond donors (Lipinski definition) is 1. The molecular weight excluding hydrogens is 357 g/mol. The average Bonchev–Trinajstić information content (AvgIpc) is 2.81. The molecule has 0 fully saturated rings. The molecule has 1 aromatic heterocycles. The molecule has 0 bridgehead atoms. The van der Waals surface area contributed by atoms with Crippen molar-refractivity contribution in [1.82, 2.24) is 15.1 Å². The van der Waals surface area contributed by atoms with E-state index in [9.17, 15) is 4.39 Å². The number of hydrogen-bond acceptors (Lipinski definition) is 2. The second kappa shape index (κ2) is 7.38. The summed E-state index contributed by atoms with van der Waals surface area (Å²) in [6, 6.07) is 4.94. The van der Waals surface area contributed by atoms with E-state index in [2.05, 4.69) is 33.3 Å². The third-order valence-corrected chi connectivity index (χ3v) is 4.16. The number of aryl methyl sites for hydroxylation is 1. The summed E-state index contributed by atoms with van der Waals surface area (Å²) in [6.45, 7) is 5.62. The molecule has 0 spiro atoms. The predicted molar refractivity (Wildman–Crippen MR) is 87.1 cm³/mol. The minimum atomic E-state index is -0.284. The van der Waals surface area contributed by atoms with Crippen LogP contribution in [0.4, 0.5) is 4.39 Å². The lowest BCUT2D eigenvalue weighted by Gasteiger charge is -2.21. The molecule has 0 aliphatic heterocycles. The number of nitrogens with zero attached hydrogens (tertiary/aromatic N) is 2. The molecule has 2 rings (SSSR count). The van der Waals surface area contributed by atoms with Gasteiger partial charge in [-0.1, -0.05) is 31.5 Å². The van der Waals surface area contributed by atoms with Crippen molar-refractivity contribution in [3.63, 3.8) is 0 Å². The smallest absolute Gasteiger partial charge is 0.137 e. The maximum absolute atomic E-state index is 13.8. The maximum Gasteiger partial charge on any atom is 0.137 e. The summed E-state index contributed by atoms with van der Waals surface area (Å²) >= 11 is 9.49. The van der Waals surface area contributed by atoms with Gasteiger partial charge in [0.25, 0.3) is 0 Å². The van der Waals surface area contributed by atoms with Crippen LogP contribution in [0.1, 0.15) is 37.6 Å². The Morgan fingerprint density at radius 3 is 2.81 bits per heavy atom. The van der Waals surface area contributed by atoms with Crippen molar-refractivity contribution in [2.45, 2.75) is 32.9 Å². The molecule has 1 heterocycles. The Hall–Kier alpha value is -0.910. The Morgan fingerprint density at radius 2 is 2.19 bits per heavy atom. The zero-order chi connectivity index (χ0) is 15.4. The van der Waals surface area contributed by atoms with Crippen LogP contribution in [0.3, 0.4) is 0 Å². The molecule has 114 valence electrons. The van der Waals surface area contributed by atoms with Gasteiger partial charge in [-0.05, 0) is 46.6 Å². The molecule has 6 heteroatoms. The van der Waals surface area contributed by atoms with Crippen molar-refractivity contribution >= 4 is 27.5 Å². The minimum Gasteiger partial charge on any atom is -0.305 e. The van der Waals surface area contributed by atoms with Crippen molar-refractivity contribution in [2.24, 2.45) is 0 Å². The number of halogens is 3. The van der Waals surface area contributed by atoms with Crippen molar-refractivity contribution in [2.75, 3.05) is 6.54 Å². The van der Waals surface area contributed by atoms with Gasteiger partial charge < -0.3 is 5.32 Å². The largest absolute Gasteiger partial charge is 0.305 e. The first-order chi connectivity index (χ1) is 10.1. The Kier molecular flexibility index (Phi) is 5.79. The summed E-state index contributed by atoms with van der Waals surface area (Å²) in [4.78, 5) is 0. The summed E-state index contributed by atoms with van der Waals surface area (Å²) in [7, 11) is 0. The van der Waals surface area contributed by atoms with E-state index in [0.29, 0.717) is 9.50 Å². The monoisotopic (exact) mass is 373 g/mol. The second-order valence-electron chi connectivity index (χ2n) is 4.77. The lowest BCUT2D eigenvalue weighted by atomic mass is 10.0. The highest BCUT2D eigenvalue weighted by molar-refractivity contribution is 9.10. The van der Waals surface area contributed by atoms with Gasteiger partial charge in [0, 0.05) is 6.54 Å². The number of rotatable bonds is 6. The van der Waals surface area contributed by atoms with Crippen LogP contribution in [-0.4, -0.2) is 16.3 Å². The summed E-state index contributed by atoms with van der Waals surface area (Å²) in [5.74, 6) is -0.284. The first kappa shape index (κ1) is 16.5. The normalized spacial score (nSPS) is 12.6. The first-order valence-corrected chi connectivity index (χ1v) is 8.15. The van der Waals surface area contributed by atoms with Gasteiger partial charge in [0.1, 0.15) is 5.82 Å². The fraction of sp³-hybridized carbons (Fsp3) is 0.400. The van der Waals surface area contributed by atoms with Gasteiger partial charge in [-0.25, -0.2) is 4.39 Å². The Morgan fingerprint density at radius 1 is 1.43 bits per heavy atom. The zero-order valence-electron chi connectivity index (χ0n) is 12.0. The third-order valence-electron chi connectivity index (χ3n) is 3.23. The van der Waals surface area contributed by atoms with Gasteiger partial charge in [-0.2, -0.15) is 5.10 Å². The molecule has 1 aromatic carbocycles. The number of aromatic nitrogens is 2. The molecule has 1 N–H and O–H groups in total. The maximum atomic E-state index is 13.8. The van der Waals surface area contributed by atoms with Crippen LogP contribution in [-0.2, 0) is 6.54 Å². The molecule has 1 atom stereocenters. The van der Waals surface area contributed by atoms with Gasteiger partial charge in [0.05, 0.1) is 27.4 Å². The van der Waals surface area contributed by atoms with E-state index in [0.717, 1.165) is 30.8 Å². The Bertz CT molecular complexity index is 615. The van der Waals surface area contributed by atoms with E-state index in [1.807, 2.05) is 17.7 Å². The standard InChI is InChI=1S/C15H18BrClFN3/c1-3-7-21-15(12(17)9-20-21)14(19-4-2)10-5-6-11(16)13(18)8-10/h5-6,8-9,14,19H,3-4,7H2,1-2H3. The topological polar surface area (TPSA) is 29.9 Å². The van der Waals surface area contributed by atoms with Crippen molar-refractivity contribution in [1.29, 1.82) is 0 Å². The fourth-order valence-electron chi connectivity index (χ4n) is 2.32. The van der Waals surface area contributed by atoms with Gasteiger partial charge in [0.15, 0.2) is 0 Å². The van der Waals surface area contributed by atoms with Crippen LogP contribution < -0.4 is 5.32 Å². The van der Waals surface area contributed by atoms with Crippen LogP contribution in [0.5, 0.6) is 0 Å². The number of nitrogens with one attached hydrogen (secondary N) is 1. The quantitative estimate of drug-likeness (QED) is 0.804. The molecule has 1 unspecified atom stereocenters. The highest BCUT2D eigenvalue weighted by Crippen LogP contribution is 2.30. The van der Waals surface area contributed by atoms with E-state index in [1.165, 1.54) is 6.07 Å². The van der Waals surface area contributed by atoms with E-state index in [-0.39, 0.29) is 11.9 Å². The van der Waals surface area contributed by atoms with E-state index >= 15 is 0 Å². The fourth-order valence-corrected chi connectivity index (χ4v) is 2.81. The zero-order valence-corrected chi connectivity index (χ0v) is 14.4. The van der Waals surface area contributed by atoms with Gasteiger partial charge in [0.2, 0.25) is 0 Å². The molecule has 0 amide bonds. The second-order valence-corrected chi connectivity index (χ2v) is 6.03. The van der Waals surface area contributed by atoms with Crippen molar-refractivity contribution in [3.05, 3.63) is 51.0 Å². The van der Waals surface area contributed by atoms with Crippen LogP contribution in [0, 0.1) is 5.82 Å². The first-order valence-electron chi connectivity index (χ1n) is 6.98. The molecule has 0 radical (unpaired) electrons. The Labute approximate surface area is 137 Å². The highest BCUT2D eigenvalue weighted by atomic mass is 79.9. The van der Waals surface area contributed by atoms with Crippen LogP contribution in [0.15, 0.2) is 28.9 Å². The van der Waals surface area contributed by atoms with Crippen molar-refractivity contribution < 1.29 is 4.39 Å². The van der Waals surface area contributed by atoms with E-state index < -0.39 is 0 Å². The third kappa shape index (κ3) is 3.65.